The van der Waals surface area contributed by atoms with Gasteiger partial charge in [0.1, 0.15) is 0 Å². The molecule has 0 aromatic heterocycles. The van der Waals surface area contributed by atoms with Crippen molar-refractivity contribution in [3.05, 3.63) is 35.9 Å². The monoisotopic (exact) mass is 307 g/mol. The first-order valence-electron chi connectivity index (χ1n) is 8.07. The van der Waals surface area contributed by atoms with E-state index < -0.39 is 12.0 Å². The molecule has 0 heterocycles. The maximum Gasteiger partial charge on any atom is 0.267 e. The zero-order valence-electron chi connectivity index (χ0n) is 13.1. The smallest absolute Gasteiger partial charge is 0.267 e. The van der Waals surface area contributed by atoms with Gasteiger partial charge in [0.05, 0.1) is 12.0 Å². The summed E-state index contributed by atoms with van der Waals surface area (Å²) in [5.41, 5.74) is 0.943. The van der Waals surface area contributed by atoms with Gasteiger partial charge in [0.15, 0.2) is 0 Å². The van der Waals surface area contributed by atoms with E-state index in [1.165, 1.54) is 0 Å². The van der Waals surface area contributed by atoms with Crippen molar-refractivity contribution in [2.75, 3.05) is 0 Å². The Kier molecular flexibility index (Phi) is 3.74. The molecule has 0 saturated heterocycles. The first-order chi connectivity index (χ1) is 10.3. The fourth-order valence-corrected chi connectivity index (χ4v) is 3.94. The number of hydrogen-bond acceptors (Lipinski definition) is 1. The molecule has 0 bridgehead atoms. The molecule has 1 N–H and O–H groups in total. The van der Waals surface area contributed by atoms with Crippen LogP contribution in [-0.4, -0.2) is 17.9 Å². The van der Waals surface area contributed by atoms with E-state index in [2.05, 4.69) is 5.32 Å². The van der Waals surface area contributed by atoms with Gasteiger partial charge in [-0.1, -0.05) is 50.6 Å². The molecule has 3 atom stereocenters. The van der Waals surface area contributed by atoms with E-state index in [0.29, 0.717) is 12.8 Å². The molecule has 3 rings (SSSR count). The van der Waals surface area contributed by atoms with E-state index in [1.54, 1.807) is 0 Å². The van der Waals surface area contributed by atoms with Crippen LogP contribution >= 0.6 is 0 Å². The Labute approximate surface area is 130 Å². The molecule has 4 heteroatoms. The van der Waals surface area contributed by atoms with Crippen molar-refractivity contribution in [3.8, 4) is 0 Å². The van der Waals surface area contributed by atoms with E-state index >= 15 is 0 Å². The minimum Gasteiger partial charge on any atom is -0.347 e. The van der Waals surface area contributed by atoms with E-state index in [9.17, 15) is 13.6 Å². The number of carbonyl (C=O) groups excluding carboxylic acids is 1. The van der Waals surface area contributed by atoms with Crippen LogP contribution in [0.1, 0.15) is 51.0 Å². The average Bonchev–Trinajstić information content (AvgIpc) is 3.05. The Bertz CT molecular complexity index is 555. The van der Waals surface area contributed by atoms with Crippen molar-refractivity contribution in [2.24, 2.45) is 11.3 Å². The maximum atomic E-state index is 13.9. The van der Waals surface area contributed by atoms with Gasteiger partial charge in [-0.2, -0.15) is 0 Å². The highest BCUT2D eigenvalue weighted by molar-refractivity contribution is 5.85. The Morgan fingerprint density at radius 2 is 1.86 bits per heavy atom. The lowest BCUT2D eigenvalue weighted by Gasteiger charge is -2.32. The lowest BCUT2D eigenvalue weighted by atomic mass is 9.91. The Morgan fingerprint density at radius 1 is 1.18 bits per heavy atom. The molecule has 120 valence electrons. The summed E-state index contributed by atoms with van der Waals surface area (Å²) in [6.07, 6.45) is 1.56. The van der Waals surface area contributed by atoms with Crippen molar-refractivity contribution >= 4 is 5.91 Å². The average molecular weight is 307 g/mol. The van der Waals surface area contributed by atoms with Crippen LogP contribution in [0.3, 0.4) is 0 Å². The summed E-state index contributed by atoms with van der Waals surface area (Å²) in [5, 5.41) is 2.64. The Morgan fingerprint density at radius 3 is 2.50 bits per heavy atom. The predicted molar refractivity (Wildman–Crippen MR) is 81.8 cm³/mol. The van der Waals surface area contributed by atoms with Gasteiger partial charge in [-0.3, -0.25) is 4.79 Å². The second kappa shape index (κ2) is 5.32. The first-order valence-corrected chi connectivity index (χ1v) is 8.07. The highest BCUT2D eigenvalue weighted by atomic mass is 19.3. The third-order valence-corrected chi connectivity index (χ3v) is 5.35. The van der Waals surface area contributed by atoms with Gasteiger partial charge in [0.25, 0.3) is 5.92 Å². The van der Waals surface area contributed by atoms with Gasteiger partial charge >= 0.3 is 0 Å². The summed E-state index contributed by atoms with van der Waals surface area (Å²) in [4.78, 5) is 12.5. The van der Waals surface area contributed by atoms with Crippen molar-refractivity contribution < 1.29 is 13.6 Å². The van der Waals surface area contributed by atoms with Crippen LogP contribution in [0.4, 0.5) is 8.78 Å². The van der Waals surface area contributed by atoms with E-state index in [1.807, 2.05) is 44.2 Å². The van der Waals surface area contributed by atoms with E-state index in [4.69, 9.17) is 0 Å². The van der Waals surface area contributed by atoms with Crippen LogP contribution < -0.4 is 5.32 Å². The first kappa shape index (κ1) is 15.4. The standard InChI is InChI=1S/C18H23F2NO/c1-17(2)14(12-8-4-3-5-9-12)15(17)16(22)21-13-10-6-7-11-18(13,19)20/h3-5,8-9,13-15H,6-7,10-11H2,1-2H3,(H,21,22)/t13?,14-,15+/m1/s1. The number of carbonyl (C=O) groups is 1. The fourth-order valence-electron chi connectivity index (χ4n) is 3.94. The van der Waals surface area contributed by atoms with Gasteiger partial charge in [0.2, 0.25) is 5.91 Å². The van der Waals surface area contributed by atoms with Gasteiger partial charge in [-0.05, 0) is 23.8 Å². The molecule has 2 fully saturated rings. The molecular weight excluding hydrogens is 284 g/mol. The highest BCUT2D eigenvalue weighted by Gasteiger charge is 2.62. The van der Waals surface area contributed by atoms with Crippen LogP contribution in [0, 0.1) is 11.3 Å². The summed E-state index contributed by atoms with van der Waals surface area (Å²) in [5.74, 6) is -3.08. The molecule has 2 aliphatic carbocycles. The van der Waals surface area contributed by atoms with Gasteiger partial charge in [0, 0.05) is 12.3 Å². The molecule has 0 radical (unpaired) electrons. The summed E-state index contributed by atoms with van der Waals surface area (Å²) >= 11 is 0. The summed E-state index contributed by atoms with van der Waals surface area (Å²) in [6, 6.07) is 8.86. The normalized spacial score (nSPS) is 32.3. The quantitative estimate of drug-likeness (QED) is 0.894. The van der Waals surface area contributed by atoms with Crippen LogP contribution in [0.5, 0.6) is 0 Å². The highest BCUT2D eigenvalue weighted by Crippen LogP contribution is 2.64. The molecule has 2 saturated carbocycles. The molecule has 1 unspecified atom stereocenters. The third-order valence-electron chi connectivity index (χ3n) is 5.35. The molecule has 0 aliphatic heterocycles. The van der Waals surface area contributed by atoms with Crippen LogP contribution in [0.2, 0.25) is 0 Å². The number of halogens is 2. The van der Waals surface area contributed by atoms with Crippen molar-refractivity contribution in [3.63, 3.8) is 0 Å². The molecule has 1 aromatic carbocycles. The second-order valence-corrected chi connectivity index (χ2v) is 7.26. The Balaban J connectivity index is 1.71. The topological polar surface area (TPSA) is 29.1 Å². The van der Waals surface area contributed by atoms with Crippen LogP contribution in [0.25, 0.3) is 0 Å². The molecule has 0 spiro atoms. The molecular formula is C18H23F2NO. The number of amides is 1. The fraction of sp³-hybridized carbons (Fsp3) is 0.611. The summed E-state index contributed by atoms with van der Waals surface area (Å²) < 4.78 is 27.8. The number of nitrogens with one attached hydrogen (secondary N) is 1. The lowest BCUT2D eigenvalue weighted by Crippen LogP contribution is -2.50. The maximum absolute atomic E-state index is 13.9. The number of rotatable bonds is 3. The number of alkyl halides is 2. The predicted octanol–water partition coefficient (Wildman–Crippen LogP) is 4.12. The third kappa shape index (κ3) is 2.64. The summed E-state index contributed by atoms with van der Waals surface area (Å²) in [7, 11) is 0. The van der Waals surface area contributed by atoms with Crippen LogP contribution in [0.15, 0.2) is 30.3 Å². The van der Waals surface area contributed by atoms with Gasteiger partial charge < -0.3 is 5.32 Å². The SMILES string of the molecule is CC1(C)[C@H](C(=O)NC2CCCCC2(F)F)[C@H]1c1ccccc1. The molecule has 22 heavy (non-hydrogen) atoms. The second-order valence-electron chi connectivity index (χ2n) is 7.26. The summed E-state index contributed by atoms with van der Waals surface area (Å²) in [6.45, 7) is 4.07. The molecule has 2 nitrogen and oxygen atoms in total. The van der Waals surface area contributed by atoms with E-state index in [-0.39, 0.29) is 29.6 Å². The zero-order valence-corrected chi connectivity index (χ0v) is 13.1. The van der Waals surface area contributed by atoms with Crippen LogP contribution in [-0.2, 0) is 4.79 Å². The van der Waals surface area contributed by atoms with E-state index in [0.717, 1.165) is 12.0 Å². The number of benzene rings is 1. The van der Waals surface area contributed by atoms with Gasteiger partial charge in [-0.15, -0.1) is 0 Å². The molecule has 1 amide bonds. The number of hydrogen-bond donors (Lipinski definition) is 1. The lowest BCUT2D eigenvalue weighted by molar-refractivity contribution is -0.129. The Hall–Kier alpha value is -1.45. The molecule has 2 aliphatic rings. The molecule has 1 aromatic rings. The van der Waals surface area contributed by atoms with Gasteiger partial charge in [-0.25, -0.2) is 8.78 Å². The minimum absolute atomic E-state index is 0.117. The minimum atomic E-state index is -2.77. The van der Waals surface area contributed by atoms with Crippen molar-refractivity contribution in [1.29, 1.82) is 0 Å². The zero-order chi connectivity index (χ0) is 16.0. The largest absolute Gasteiger partial charge is 0.347 e. The van der Waals surface area contributed by atoms with Crippen molar-refractivity contribution in [1.82, 2.24) is 5.32 Å². The van der Waals surface area contributed by atoms with Crippen molar-refractivity contribution in [2.45, 2.75) is 57.4 Å².